The van der Waals surface area contributed by atoms with E-state index < -0.39 is 4.92 Å². The minimum absolute atomic E-state index is 0.0163. The van der Waals surface area contributed by atoms with E-state index in [4.69, 9.17) is 4.74 Å². The number of nitrogens with zero attached hydrogens (tertiary/aromatic N) is 2. The molecule has 19 heavy (non-hydrogen) atoms. The zero-order valence-corrected chi connectivity index (χ0v) is 11.2. The molecule has 1 N–H and O–H groups in total. The number of hydrogen-bond donors (Lipinski definition) is 1. The summed E-state index contributed by atoms with van der Waals surface area (Å²) in [7, 11) is 3.18. The van der Waals surface area contributed by atoms with E-state index >= 15 is 0 Å². The van der Waals surface area contributed by atoms with Gasteiger partial charge in [0.05, 0.1) is 22.8 Å². The molecule has 0 aliphatic rings. The summed E-state index contributed by atoms with van der Waals surface area (Å²) in [6.07, 6.45) is 0. The highest BCUT2D eigenvalue weighted by Crippen LogP contribution is 2.25. The van der Waals surface area contributed by atoms with Crippen molar-refractivity contribution in [1.82, 2.24) is 4.90 Å². The molecule has 0 unspecified atom stereocenters. The third-order valence-corrected chi connectivity index (χ3v) is 2.72. The average Bonchev–Trinajstić information content (AvgIpc) is 2.37. The summed E-state index contributed by atoms with van der Waals surface area (Å²) in [5.74, 6) is 0. The van der Waals surface area contributed by atoms with Gasteiger partial charge in [0.1, 0.15) is 0 Å². The maximum absolute atomic E-state index is 11.8. The summed E-state index contributed by atoms with van der Waals surface area (Å²) in [5, 5.41) is 13.4. The molecule has 1 aromatic rings. The number of ether oxygens (including phenoxy) is 1. The SMILES string of the molecule is COCCN(C)C(=O)Nc1cccc([N+](=O)[O-])c1C. The van der Waals surface area contributed by atoms with Crippen LogP contribution in [0.3, 0.4) is 0 Å². The van der Waals surface area contributed by atoms with Crippen LogP contribution in [0.25, 0.3) is 0 Å². The fourth-order valence-electron chi connectivity index (χ4n) is 1.50. The fourth-order valence-corrected chi connectivity index (χ4v) is 1.50. The molecule has 0 aromatic heterocycles. The molecule has 7 nitrogen and oxygen atoms in total. The lowest BCUT2D eigenvalue weighted by Gasteiger charge is -2.18. The summed E-state index contributed by atoms with van der Waals surface area (Å²) in [6, 6.07) is 4.24. The Morgan fingerprint density at radius 1 is 1.53 bits per heavy atom. The lowest BCUT2D eigenvalue weighted by atomic mass is 10.1. The van der Waals surface area contributed by atoms with Crippen LogP contribution in [-0.2, 0) is 4.74 Å². The molecule has 0 atom stereocenters. The lowest BCUT2D eigenvalue weighted by Crippen LogP contribution is -2.34. The summed E-state index contributed by atoms with van der Waals surface area (Å²) in [5.41, 5.74) is 0.849. The molecule has 0 fully saturated rings. The molecule has 0 heterocycles. The van der Waals surface area contributed by atoms with Gasteiger partial charge in [-0.1, -0.05) is 6.07 Å². The highest BCUT2D eigenvalue weighted by Gasteiger charge is 2.16. The van der Waals surface area contributed by atoms with Crippen molar-refractivity contribution in [1.29, 1.82) is 0 Å². The van der Waals surface area contributed by atoms with E-state index in [1.54, 1.807) is 27.1 Å². The molecule has 0 saturated heterocycles. The molecule has 0 radical (unpaired) electrons. The van der Waals surface area contributed by atoms with Gasteiger partial charge in [-0.25, -0.2) is 4.79 Å². The van der Waals surface area contributed by atoms with Gasteiger partial charge in [-0.2, -0.15) is 0 Å². The van der Waals surface area contributed by atoms with Crippen molar-refractivity contribution in [2.75, 3.05) is 32.6 Å². The largest absolute Gasteiger partial charge is 0.383 e. The van der Waals surface area contributed by atoms with Crippen LogP contribution in [0.5, 0.6) is 0 Å². The molecule has 104 valence electrons. The third-order valence-electron chi connectivity index (χ3n) is 2.72. The fraction of sp³-hybridized carbons (Fsp3) is 0.417. The van der Waals surface area contributed by atoms with E-state index in [1.165, 1.54) is 17.0 Å². The number of hydrogen-bond acceptors (Lipinski definition) is 4. The number of carbonyl (C=O) groups is 1. The van der Waals surface area contributed by atoms with Crippen LogP contribution in [0.1, 0.15) is 5.56 Å². The van der Waals surface area contributed by atoms with E-state index in [9.17, 15) is 14.9 Å². The van der Waals surface area contributed by atoms with Gasteiger partial charge in [-0.05, 0) is 13.0 Å². The second kappa shape index (κ2) is 6.69. The van der Waals surface area contributed by atoms with E-state index in [0.717, 1.165) is 0 Å². The Morgan fingerprint density at radius 3 is 2.79 bits per heavy atom. The number of nitrogens with one attached hydrogen (secondary N) is 1. The summed E-state index contributed by atoms with van der Waals surface area (Å²) in [6.45, 7) is 2.47. The van der Waals surface area contributed by atoms with E-state index in [-0.39, 0.29) is 11.7 Å². The highest BCUT2D eigenvalue weighted by atomic mass is 16.6. The number of urea groups is 1. The molecule has 0 spiro atoms. The van der Waals surface area contributed by atoms with Gasteiger partial charge in [0.15, 0.2) is 0 Å². The second-order valence-electron chi connectivity index (χ2n) is 4.05. The van der Waals surface area contributed by atoms with Gasteiger partial charge in [0.25, 0.3) is 5.69 Å². The molecular formula is C12H17N3O4. The number of nitro groups is 1. The van der Waals surface area contributed by atoms with E-state index in [0.29, 0.717) is 24.4 Å². The standard InChI is InChI=1S/C12H17N3O4/c1-9-10(5-4-6-11(9)15(17)18)13-12(16)14(2)7-8-19-3/h4-6H,7-8H2,1-3H3,(H,13,16). The second-order valence-corrected chi connectivity index (χ2v) is 4.05. The Bertz CT molecular complexity index is 476. The molecule has 0 saturated carbocycles. The minimum Gasteiger partial charge on any atom is -0.383 e. The minimum atomic E-state index is -0.473. The van der Waals surface area contributed by atoms with Crippen molar-refractivity contribution >= 4 is 17.4 Å². The number of anilines is 1. The molecule has 2 amide bonds. The van der Waals surface area contributed by atoms with Gasteiger partial charge >= 0.3 is 6.03 Å². The van der Waals surface area contributed by atoms with Crippen LogP contribution in [-0.4, -0.2) is 43.2 Å². The quantitative estimate of drug-likeness (QED) is 0.653. The van der Waals surface area contributed by atoms with Crippen LogP contribution >= 0.6 is 0 Å². The van der Waals surface area contributed by atoms with Crippen molar-refractivity contribution in [2.45, 2.75) is 6.92 Å². The molecular weight excluding hydrogens is 250 g/mol. The summed E-state index contributed by atoms with van der Waals surface area (Å²) < 4.78 is 4.88. The zero-order chi connectivity index (χ0) is 14.4. The summed E-state index contributed by atoms with van der Waals surface area (Å²) in [4.78, 5) is 23.6. The van der Waals surface area contributed by atoms with Crippen molar-refractivity contribution in [3.05, 3.63) is 33.9 Å². The van der Waals surface area contributed by atoms with E-state index in [2.05, 4.69) is 5.32 Å². The van der Waals surface area contributed by atoms with Crippen molar-refractivity contribution in [3.63, 3.8) is 0 Å². The smallest absolute Gasteiger partial charge is 0.321 e. The first kappa shape index (κ1) is 14.9. The Kier molecular flexibility index (Phi) is 5.25. The first-order chi connectivity index (χ1) is 8.97. The number of nitro benzene ring substituents is 1. The Morgan fingerprint density at radius 2 is 2.21 bits per heavy atom. The van der Waals surface area contributed by atoms with Crippen molar-refractivity contribution < 1.29 is 14.5 Å². The zero-order valence-electron chi connectivity index (χ0n) is 11.2. The van der Waals surface area contributed by atoms with Gasteiger partial charge in [0.2, 0.25) is 0 Å². The van der Waals surface area contributed by atoms with Crippen LogP contribution in [0.15, 0.2) is 18.2 Å². The predicted molar refractivity (Wildman–Crippen MR) is 71.4 cm³/mol. The molecule has 0 aliphatic heterocycles. The maximum Gasteiger partial charge on any atom is 0.321 e. The van der Waals surface area contributed by atoms with Gasteiger partial charge < -0.3 is 15.0 Å². The molecule has 1 aromatic carbocycles. The Balaban J connectivity index is 2.80. The molecule has 0 aliphatic carbocycles. The highest BCUT2D eigenvalue weighted by molar-refractivity contribution is 5.90. The van der Waals surface area contributed by atoms with Crippen LogP contribution in [0.4, 0.5) is 16.2 Å². The van der Waals surface area contributed by atoms with Gasteiger partial charge in [-0.15, -0.1) is 0 Å². The van der Waals surface area contributed by atoms with Gasteiger partial charge in [0, 0.05) is 26.8 Å². The molecule has 1 rings (SSSR count). The molecule has 0 bridgehead atoms. The number of carbonyl (C=O) groups excluding carboxylic acids is 1. The first-order valence-electron chi connectivity index (χ1n) is 5.72. The average molecular weight is 267 g/mol. The number of benzene rings is 1. The maximum atomic E-state index is 11.8. The first-order valence-corrected chi connectivity index (χ1v) is 5.72. The van der Waals surface area contributed by atoms with Gasteiger partial charge in [-0.3, -0.25) is 10.1 Å². The molecule has 7 heteroatoms. The Hall–Kier alpha value is -2.15. The lowest BCUT2D eigenvalue weighted by molar-refractivity contribution is -0.385. The normalized spacial score (nSPS) is 10.1. The number of amides is 2. The van der Waals surface area contributed by atoms with E-state index in [1.807, 2.05) is 0 Å². The van der Waals surface area contributed by atoms with Crippen molar-refractivity contribution in [2.24, 2.45) is 0 Å². The number of likely N-dealkylation sites (N-methyl/N-ethyl adjacent to an activating group) is 1. The van der Waals surface area contributed by atoms with Crippen LogP contribution in [0.2, 0.25) is 0 Å². The van der Waals surface area contributed by atoms with Crippen LogP contribution in [0, 0.1) is 17.0 Å². The Labute approximate surface area is 111 Å². The van der Waals surface area contributed by atoms with Crippen LogP contribution < -0.4 is 5.32 Å². The third kappa shape index (κ3) is 3.92. The predicted octanol–water partition coefficient (Wildman–Crippen LogP) is 2.01. The summed E-state index contributed by atoms with van der Waals surface area (Å²) >= 11 is 0. The number of methoxy groups -OCH3 is 1. The monoisotopic (exact) mass is 267 g/mol. The topological polar surface area (TPSA) is 84.7 Å². The number of rotatable bonds is 5. The van der Waals surface area contributed by atoms with Crippen molar-refractivity contribution in [3.8, 4) is 0 Å².